The number of nitrogens with zero attached hydrogens (tertiary/aromatic N) is 2. The third-order valence-corrected chi connectivity index (χ3v) is 4.64. The van der Waals surface area contributed by atoms with Crippen molar-refractivity contribution in [2.45, 2.75) is 6.61 Å². The van der Waals surface area contributed by atoms with E-state index >= 15 is 0 Å². The van der Waals surface area contributed by atoms with Crippen molar-refractivity contribution >= 4 is 39.7 Å². The molecule has 0 radical (unpaired) electrons. The lowest BCUT2D eigenvalue weighted by Gasteiger charge is -2.12. The standard InChI is InChI=1S/C23H19ClN4O/c1-16(28-29-14-17-6-10-19(24)11-7-17)18-8-12-20(13-9-18)27-23-21-4-2-3-5-22(21)25-15-26-23/h2-13,15,28H,1,14H2,(H,25,26,27). The van der Waals surface area contributed by atoms with Crippen molar-refractivity contribution in [2.75, 3.05) is 5.32 Å². The summed E-state index contributed by atoms with van der Waals surface area (Å²) in [5.41, 5.74) is 7.34. The van der Waals surface area contributed by atoms with Gasteiger partial charge in [-0.15, -0.1) is 0 Å². The first-order valence-corrected chi connectivity index (χ1v) is 9.45. The van der Waals surface area contributed by atoms with Crippen molar-refractivity contribution in [3.63, 3.8) is 0 Å². The second-order valence-electron chi connectivity index (χ2n) is 6.44. The zero-order chi connectivity index (χ0) is 20.1. The van der Waals surface area contributed by atoms with E-state index in [0.717, 1.165) is 33.5 Å². The summed E-state index contributed by atoms with van der Waals surface area (Å²) in [5.74, 6) is 0.770. The Morgan fingerprint density at radius 3 is 2.48 bits per heavy atom. The van der Waals surface area contributed by atoms with E-state index in [2.05, 4.69) is 27.3 Å². The average molecular weight is 403 g/mol. The van der Waals surface area contributed by atoms with Crippen molar-refractivity contribution in [3.05, 3.63) is 102 Å². The molecule has 0 aliphatic heterocycles. The molecule has 0 aliphatic rings. The summed E-state index contributed by atoms with van der Waals surface area (Å²) >= 11 is 5.89. The van der Waals surface area contributed by atoms with Gasteiger partial charge in [-0.2, -0.15) is 0 Å². The minimum Gasteiger partial charge on any atom is -0.340 e. The monoisotopic (exact) mass is 402 g/mol. The van der Waals surface area contributed by atoms with Gasteiger partial charge in [-0.1, -0.05) is 54.6 Å². The Bertz CT molecular complexity index is 1120. The minimum atomic E-state index is 0.413. The van der Waals surface area contributed by atoms with E-state index in [1.54, 1.807) is 6.33 Å². The van der Waals surface area contributed by atoms with Gasteiger partial charge in [-0.3, -0.25) is 10.3 Å². The molecule has 3 aromatic carbocycles. The number of rotatable bonds is 7. The van der Waals surface area contributed by atoms with Crippen molar-refractivity contribution in [1.29, 1.82) is 0 Å². The number of hydroxylamine groups is 1. The molecule has 1 aromatic heterocycles. The fourth-order valence-electron chi connectivity index (χ4n) is 2.84. The number of benzene rings is 3. The Hall–Kier alpha value is -3.41. The smallest absolute Gasteiger partial charge is 0.141 e. The summed E-state index contributed by atoms with van der Waals surface area (Å²) in [6.45, 7) is 4.44. The zero-order valence-corrected chi connectivity index (χ0v) is 16.4. The Balaban J connectivity index is 1.37. The van der Waals surface area contributed by atoms with Crippen molar-refractivity contribution in [3.8, 4) is 0 Å². The molecule has 6 heteroatoms. The number of hydrogen-bond donors (Lipinski definition) is 2. The van der Waals surface area contributed by atoms with Crippen LogP contribution in [0.2, 0.25) is 5.02 Å². The number of halogens is 1. The molecule has 144 valence electrons. The highest BCUT2D eigenvalue weighted by Gasteiger charge is 2.04. The molecule has 0 bridgehead atoms. The lowest BCUT2D eigenvalue weighted by atomic mass is 10.1. The number of anilines is 2. The van der Waals surface area contributed by atoms with Crippen LogP contribution in [-0.4, -0.2) is 9.97 Å². The van der Waals surface area contributed by atoms with Gasteiger partial charge in [0.15, 0.2) is 0 Å². The van der Waals surface area contributed by atoms with Gasteiger partial charge in [0, 0.05) is 16.1 Å². The molecule has 0 spiro atoms. The van der Waals surface area contributed by atoms with E-state index in [9.17, 15) is 0 Å². The van der Waals surface area contributed by atoms with Gasteiger partial charge in [-0.25, -0.2) is 9.97 Å². The maximum Gasteiger partial charge on any atom is 0.141 e. The first-order chi connectivity index (χ1) is 14.2. The lowest BCUT2D eigenvalue weighted by Crippen LogP contribution is -2.12. The summed E-state index contributed by atoms with van der Waals surface area (Å²) in [5, 5.41) is 5.02. The fourth-order valence-corrected chi connectivity index (χ4v) is 2.97. The maximum atomic E-state index is 5.89. The van der Waals surface area contributed by atoms with E-state index in [-0.39, 0.29) is 0 Å². The summed E-state index contributed by atoms with van der Waals surface area (Å²) in [4.78, 5) is 14.2. The van der Waals surface area contributed by atoms with Crippen molar-refractivity contribution in [1.82, 2.24) is 15.4 Å². The normalized spacial score (nSPS) is 10.7. The van der Waals surface area contributed by atoms with Gasteiger partial charge in [0.2, 0.25) is 0 Å². The quantitative estimate of drug-likeness (QED) is 0.387. The van der Waals surface area contributed by atoms with Crippen LogP contribution in [0, 0.1) is 0 Å². The van der Waals surface area contributed by atoms with E-state index in [0.29, 0.717) is 17.3 Å². The van der Waals surface area contributed by atoms with Crippen LogP contribution >= 0.6 is 11.6 Å². The summed E-state index contributed by atoms with van der Waals surface area (Å²) in [7, 11) is 0. The Kier molecular flexibility index (Phi) is 5.70. The molecule has 0 unspecified atom stereocenters. The van der Waals surface area contributed by atoms with E-state index < -0.39 is 0 Å². The molecular formula is C23H19ClN4O. The second-order valence-corrected chi connectivity index (χ2v) is 6.87. The summed E-state index contributed by atoms with van der Waals surface area (Å²) < 4.78 is 0. The predicted molar refractivity (Wildman–Crippen MR) is 118 cm³/mol. The minimum absolute atomic E-state index is 0.413. The first kappa shape index (κ1) is 18.9. The summed E-state index contributed by atoms with van der Waals surface area (Å²) in [6.07, 6.45) is 1.56. The topological polar surface area (TPSA) is 59.1 Å². The molecule has 4 rings (SSSR count). The number of hydrogen-bond acceptors (Lipinski definition) is 5. The SMILES string of the molecule is C=C(NOCc1ccc(Cl)cc1)c1ccc(Nc2ncnc3ccccc23)cc1. The molecule has 29 heavy (non-hydrogen) atoms. The van der Waals surface area contributed by atoms with Crippen LogP contribution in [0.25, 0.3) is 16.6 Å². The van der Waals surface area contributed by atoms with Crippen LogP contribution in [0.1, 0.15) is 11.1 Å². The summed E-state index contributed by atoms with van der Waals surface area (Å²) in [6, 6.07) is 23.3. The molecule has 4 aromatic rings. The highest BCUT2D eigenvalue weighted by Crippen LogP contribution is 2.23. The Morgan fingerprint density at radius 2 is 1.69 bits per heavy atom. The average Bonchev–Trinajstić information content (AvgIpc) is 2.76. The van der Waals surface area contributed by atoms with Gasteiger partial charge in [0.05, 0.1) is 17.8 Å². The highest BCUT2D eigenvalue weighted by molar-refractivity contribution is 6.30. The van der Waals surface area contributed by atoms with E-state index in [1.807, 2.05) is 72.8 Å². The van der Waals surface area contributed by atoms with Crippen LogP contribution in [0.5, 0.6) is 0 Å². The number of para-hydroxylation sites is 1. The third-order valence-electron chi connectivity index (χ3n) is 4.39. The van der Waals surface area contributed by atoms with E-state index in [1.165, 1.54) is 0 Å². The van der Waals surface area contributed by atoms with Gasteiger partial charge in [0.1, 0.15) is 12.1 Å². The van der Waals surface area contributed by atoms with Gasteiger partial charge in [0.25, 0.3) is 0 Å². The van der Waals surface area contributed by atoms with Crippen LogP contribution in [0.15, 0.2) is 85.7 Å². The largest absolute Gasteiger partial charge is 0.340 e. The second kappa shape index (κ2) is 8.73. The molecule has 0 saturated carbocycles. The first-order valence-electron chi connectivity index (χ1n) is 9.07. The number of fused-ring (bicyclic) bond motifs is 1. The van der Waals surface area contributed by atoms with Gasteiger partial charge >= 0.3 is 0 Å². The van der Waals surface area contributed by atoms with Crippen molar-refractivity contribution < 1.29 is 4.84 Å². The molecule has 0 saturated heterocycles. The predicted octanol–water partition coefficient (Wildman–Crippen LogP) is 5.72. The number of nitrogens with one attached hydrogen (secondary N) is 2. The van der Waals surface area contributed by atoms with Gasteiger partial charge in [-0.05, 0) is 47.5 Å². The van der Waals surface area contributed by atoms with Crippen LogP contribution in [-0.2, 0) is 11.4 Å². The molecule has 0 atom stereocenters. The van der Waals surface area contributed by atoms with Crippen molar-refractivity contribution in [2.24, 2.45) is 0 Å². The van der Waals surface area contributed by atoms with Crippen LogP contribution < -0.4 is 10.8 Å². The molecule has 1 heterocycles. The Morgan fingerprint density at radius 1 is 0.931 bits per heavy atom. The fraction of sp³-hybridized carbons (Fsp3) is 0.0435. The zero-order valence-electron chi connectivity index (χ0n) is 15.6. The Labute approximate surface area is 174 Å². The maximum absolute atomic E-state index is 5.89. The third kappa shape index (κ3) is 4.71. The molecule has 0 fully saturated rings. The molecule has 0 amide bonds. The van der Waals surface area contributed by atoms with Crippen LogP contribution in [0.3, 0.4) is 0 Å². The molecular weight excluding hydrogens is 384 g/mol. The number of aromatic nitrogens is 2. The molecule has 5 nitrogen and oxygen atoms in total. The van der Waals surface area contributed by atoms with E-state index in [4.69, 9.17) is 16.4 Å². The lowest BCUT2D eigenvalue weighted by molar-refractivity contribution is 0.0648. The molecule has 0 aliphatic carbocycles. The van der Waals surface area contributed by atoms with Gasteiger partial charge < -0.3 is 5.32 Å². The highest BCUT2D eigenvalue weighted by atomic mass is 35.5. The van der Waals surface area contributed by atoms with Crippen LogP contribution in [0.4, 0.5) is 11.5 Å². The molecule has 2 N–H and O–H groups in total.